The summed E-state index contributed by atoms with van der Waals surface area (Å²) in [5, 5.41) is 12.3. The van der Waals surface area contributed by atoms with E-state index in [1.165, 1.54) is 4.90 Å². The number of carboxylic acid groups (broad SMARTS) is 1. The van der Waals surface area contributed by atoms with E-state index in [0.717, 1.165) is 12.0 Å². The van der Waals surface area contributed by atoms with E-state index in [1.54, 1.807) is 18.2 Å². The van der Waals surface area contributed by atoms with Gasteiger partial charge < -0.3 is 15.3 Å². The molecule has 102 valence electrons. The topological polar surface area (TPSA) is 69.6 Å². The van der Waals surface area contributed by atoms with E-state index >= 15 is 0 Å². The van der Waals surface area contributed by atoms with Gasteiger partial charge in [-0.25, -0.2) is 9.59 Å². The lowest BCUT2D eigenvalue weighted by Crippen LogP contribution is -2.45. The van der Waals surface area contributed by atoms with Crippen molar-refractivity contribution in [1.82, 2.24) is 10.2 Å². The van der Waals surface area contributed by atoms with E-state index < -0.39 is 12.0 Å². The highest BCUT2D eigenvalue weighted by Gasteiger charge is 2.33. The predicted octanol–water partition coefficient (Wildman–Crippen LogP) is 2.10. The molecule has 1 aromatic carbocycles. The maximum absolute atomic E-state index is 11.9. The molecule has 19 heavy (non-hydrogen) atoms. The summed E-state index contributed by atoms with van der Waals surface area (Å²) in [6.45, 7) is 0.820. The van der Waals surface area contributed by atoms with Gasteiger partial charge in [-0.2, -0.15) is 0 Å². The summed E-state index contributed by atoms with van der Waals surface area (Å²) in [5.41, 5.74) is 0.881. The van der Waals surface area contributed by atoms with Crippen molar-refractivity contribution in [2.45, 2.75) is 25.4 Å². The molecule has 1 fully saturated rings. The zero-order chi connectivity index (χ0) is 13.8. The van der Waals surface area contributed by atoms with Crippen LogP contribution in [0.4, 0.5) is 4.79 Å². The number of carbonyl (C=O) groups excluding carboxylic acids is 1. The minimum Gasteiger partial charge on any atom is -0.480 e. The highest BCUT2D eigenvalue weighted by molar-refractivity contribution is 6.30. The van der Waals surface area contributed by atoms with Crippen LogP contribution in [0.25, 0.3) is 0 Å². The van der Waals surface area contributed by atoms with Crippen molar-refractivity contribution < 1.29 is 14.7 Å². The predicted molar refractivity (Wildman–Crippen MR) is 71.1 cm³/mol. The molecule has 6 heteroatoms. The van der Waals surface area contributed by atoms with Gasteiger partial charge in [0.2, 0.25) is 0 Å². The summed E-state index contributed by atoms with van der Waals surface area (Å²) in [7, 11) is 0. The number of hydrogen-bond donors (Lipinski definition) is 2. The van der Waals surface area contributed by atoms with E-state index in [1.807, 2.05) is 6.07 Å². The van der Waals surface area contributed by atoms with Crippen LogP contribution < -0.4 is 5.32 Å². The lowest BCUT2D eigenvalue weighted by Gasteiger charge is -2.21. The highest BCUT2D eigenvalue weighted by Crippen LogP contribution is 2.17. The van der Waals surface area contributed by atoms with Crippen LogP contribution >= 0.6 is 11.6 Å². The normalized spacial score (nSPS) is 18.4. The van der Waals surface area contributed by atoms with Gasteiger partial charge in [0, 0.05) is 18.1 Å². The Hall–Kier alpha value is -1.75. The van der Waals surface area contributed by atoms with Gasteiger partial charge in [-0.1, -0.05) is 23.7 Å². The molecule has 1 saturated heterocycles. The minimum atomic E-state index is -0.949. The average Bonchev–Trinajstić information content (AvgIpc) is 2.85. The fraction of sp³-hybridized carbons (Fsp3) is 0.385. The summed E-state index contributed by atoms with van der Waals surface area (Å²) in [6.07, 6.45) is 1.24. The van der Waals surface area contributed by atoms with Crippen LogP contribution in [0.5, 0.6) is 0 Å². The van der Waals surface area contributed by atoms with Crippen molar-refractivity contribution >= 4 is 23.6 Å². The molecule has 0 saturated carbocycles. The van der Waals surface area contributed by atoms with E-state index in [2.05, 4.69) is 5.32 Å². The Morgan fingerprint density at radius 2 is 2.26 bits per heavy atom. The maximum Gasteiger partial charge on any atom is 0.326 e. The lowest BCUT2D eigenvalue weighted by molar-refractivity contribution is -0.141. The molecule has 1 aromatic rings. The van der Waals surface area contributed by atoms with Gasteiger partial charge in [-0.05, 0) is 30.5 Å². The number of aliphatic carboxylic acids is 1. The Kier molecular flexibility index (Phi) is 4.27. The summed E-state index contributed by atoms with van der Waals surface area (Å²) in [5.74, 6) is -0.949. The first-order valence-electron chi connectivity index (χ1n) is 6.09. The molecule has 0 spiro atoms. The van der Waals surface area contributed by atoms with Crippen molar-refractivity contribution in [1.29, 1.82) is 0 Å². The third-order valence-corrected chi connectivity index (χ3v) is 3.37. The molecular weight excluding hydrogens is 268 g/mol. The van der Waals surface area contributed by atoms with Crippen LogP contribution in [-0.4, -0.2) is 34.6 Å². The molecule has 1 atom stereocenters. The Morgan fingerprint density at radius 1 is 1.47 bits per heavy atom. The van der Waals surface area contributed by atoms with Gasteiger partial charge in [-0.15, -0.1) is 0 Å². The average molecular weight is 283 g/mol. The number of benzene rings is 1. The SMILES string of the molecule is O=C(O)[C@H]1CCCN1C(=O)NCc1cccc(Cl)c1. The van der Waals surface area contributed by atoms with Crippen LogP contribution in [0.1, 0.15) is 18.4 Å². The number of amides is 2. The molecule has 1 aliphatic heterocycles. The van der Waals surface area contributed by atoms with Gasteiger partial charge in [0.15, 0.2) is 0 Å². The number of rotatable bonds is 3. The number of likely N-dealkylation sites (tertiary alicyclic amines) is 1. The Labute approximate surface area is 116 Å². The quantitative estimate of drug-likeness (QED) is 0.892. The van der Waals surface area contributed by atoms with Crippen molar-refractivity contribution in [2.75, 3.05) is 6.54 Å². The van der Waals surface area contributed by atoms with Gasteiger partial charge in [0.05, 0.1) is 0 Å². The standard InChI is InChI=1S/C13H15ClN2O3/c14-10-4-1-3-9(7-10)8-15-13(19)16-6-2-5-11(16)12(17)18/h1,3-4,7,11H,2,5-6,8H2,(H,15,19)(H,17,18)/t11-/m1/s1. The number of carboxylic acids is 1. The zero-order valence-electron chi connectivity index (χ0n) is 10.3. The Balaban J connectivity index is 1.92. The fourth-order valence-corrected chi connectivity index (χ4v) is 2.41. The number of hydrogen-bond acceptors (Lipinski definition) is 2. The van der Waals surface area contributed by atoms with Crippen LogP contribution in [0.15, 0.2) is 24.3 Å². The van der Waals surface area contributed by atoms with E-state index in [0.29, 0.717) is 24.5 Å². The molecule has 1 aliphatic rings. The van der Waals surface area contributed by atoms with E-state index in [-0.39, 0.29) is 6.03 Å². The van der Waals surface area contributed by atoms with Crippen molar-refractivity contribution in [3.8, 4) is 0 Å². The second kappa shape index (κ2) is 5.93. The van der Waals surface area contributed by atoms with Crippen molar-refractivity contribution in [3.05, 3.63) is 34.9 Å². The third kappa shape index (κ3) is 3.38. The summed E-state index contributed by atoms with van der Waals surface area (Å²) in [6, 6.07) is 6.13. The molecule has 0 aliphatic carbocycles. The number of carbonyl (C=O) groups is 2. The molecule has 2 amide bonds. The van der Waals surface area contributed by atoms with Gasteiger partial charge in [0.25, 0.3) is 0 Å². The Morgan fingerprint density at radius 3 is 2.95 bits per heavy atom. The van der Waals surface area contributed by atoms with Crippen LogP contribution in [0, 0.1) is 0 Å². The largest absolute Gasteiger partial charge is 0.480 e. The van der Waals surface area contributed by atoms with Crippen molar-refractivity contribution in [3.63, 3.8) is 0 Å². The number of nitrogens with zero attached hydrogens (tertiary/aromatic N) is 1. The van der Waals surface area contributed by atoms with Crippen molar-refractivity contribution in [2.24, 2.45) is 0 Å². The zero-order valence-corrected chi connectivity index (χ0v) is 11.1. The summed E-state index contributed by atoms with van der Waals surface area (Å²) in [4.78, 5) is 24.3. The maximum atomic E-state index is 11.9. The second-order valence-electron chi connectivity index (χ2n) is 4.48. The summed E-state index contributed by atoms with van der Waals surface area (Å²) < 4.78 is 0. The van der Waals surface area contributed by atoms with Crippen LogP contribution in [-0.2, 0) is 11.3 Å². The van der Waals surface area contributed by atoms with Gasteiger partial charge in [-0.3, -0.25) is 0 Å². The van der Waals surface area contributed by atoms with E-state index in [4.69, 9.17) is 16.7 Å². The molecule has 0 unspecified atom stereocenters. The molecule has 0 aromatic heterocycles. The van der Waals surface area contributed by atoms with Gasteiger partial charge >= 0.3 is 12.0 Å². The number of nitrogens with one attached hydrogen (secondary N) is 1. The number of halogens is 1. The number of urea groups is 1. The third-order valence-electron chi connectivity index (χ3n) is 3.13. The second-order valence-corrected chi connectivity index (χ2v) is 4.91. The van der Waals surface area contributed by atoms with E-state index in [9.17, 15) is 9.59 Å². The molecule has 2 rings (SSSR count). The molecular formula is C13H15ClN2O3. The first kappa shape index (κ1) is 13.7. The lowest BCUT2D eigenvalue weighted by atomic mass is 10.2. The summed E-state index contributed by atoms with van der Waals surface area (Å²) >= 11 is 5.85. The first-order valence-corrected chi connectivity index (χ1v) is 6.47. The first-order chi connectivity index (χ1) is 9.08. The van der Waals surface area contributed by atoms with Crippen LogP contribution in [0.2, 0.25) is 5.02 Å². The smallest absolute Gasteiger partial charge is 0.326 e. The highest BCUT2D eigenvalue weighted by atomic mass is 35.5. The monoisotopic (exact) mass is 282 g/mol. The van der Waals surface area contributed by atoms with Gasteiger partial charge in [0.1, 0.15) is 6.04 Å². The minimum absolute atomic E-state index is 0.336. The molecule has 0 radical (unpaired) electrons. The Bertz CT molecular complexity index is 493. The molecule has 0 bridgehead atoms. The molecule has 2 N–H and O–H groups in total. The molecule has 1 heterocycles. The molecule has 5 nitrogen and oxygen atoms in total. The fourth-order valence-electron chi connectivity index (χ4n) is 2.19. The van der Waals surface area contributed by atoms with Crippen LogP contribution in [0.3, 0.4) is 0 Å².